The number of nitrogens with zero attached hydrogens (tertiary/aromatic N) is 4. The number of amides is 2. The van der Waals surface area contributed by atoms with Crippen LogP contribution in [0.5, 0.6) is 0 Å². The summed E-state index contributed by atoms with van der Waals surface area (Å²) in [5.74, 6) is -5.11. The van der Waals surface area contributed by atoms with Crippen LogP contribution in [0, 0.1) is 11.6 Å². The summed E-state index contributed by atoms with van der Waals surface area (Å²) in [5, 5.41) is 21.2. The maximum absolute atomic E-state index is 15.3. The minimum atomic E-state index is -4.06. The molecule has 2 saturated carbocycles. The number of benzene rings is 6. The Balaban J connectivity index is 0.000000209. The first kappa shape index (κ1) is 66.1. The number of halogens is 6. The van der Waals surface area contributed by atoms with Gasteiger partial charge in [0, 0.05) is 20.1 Å². The van der Waals surface area contributed by atoms with E-state index >= 15 is 8.78 Å². The number of aliphatic carboxylic acids is 2. The lowest BCUT2D eigenvalue weighted by molar-refractivity contribution is -0.183. The van der Waals surface area contributed by atoms with Gasteiger partial charge in [0.25, 0.3) is 11.8 Å². The molecule has 24 heteroatoms. The third-order valence-electron chi connectivity index (χ3n) is 16.8. The highest BCUT2D eigenvalue weighted by molar-refractivity contribution is 7.94. The molecule has 0 unspecified atom stereocenters. The van der Waals surface area contributed by atoms with Crippen LogP contribution < -0.4 is 8.61 Å². The fourth-order valence-electron chi connectivity index (χ4n) is 11.4. The first-order valence-corrected chi connectivity index (χ1v) is 33.1. The van der Waals surface area contributed by atoms with E-state index < -0.39 is 126 Å². The number of para-hydroxylation sites is 2. The predicted molar refractivity (Wildman–Crippen MR) is 333 cm³/mol. The average molecular weight is 1330 g/mol. The molecule has 4 aliphatic rings. The number of carboxylic acid groups (broad SMARTS) is 2. The third kappa shape index (κ3) is 14.0. The number of anilines is 2. The summed E-state index contributed by atoms with van der Waals surface area (Å²) >= 11 is 25.1. The van der Waals surface area contributed by atoms with E-state index in [0.29, 0.717) is 68.0 Å². The van der Waals surface area contributed by atoms with Crippen molar-refractivity contribution in [3.05, 3.63) is 200 Å². The highest BCUT2D eigenvalue weighted by Gasteiger charge is 2.57. The van der Waals surface area contributed by atoms with Gasteiger partial charge in [-0.15, -0.1) is 0 Å². The first-order chi connectivity index (χ1) is 41.7. The molecule has 0 spiro atoms. The van der Waals surface area contributed by atoms with Crippen molar-refractivity contribution in [1.29, 1.82) is 0 Å². The monoisotopic (exact) mass is 1320 g/mol. The zero-order valence-corrected chi connectivity index (χ0v) is 53.1. The summed E-state index contributed by atoms with van der Waals surface area (Å²) in [4.78, 5) is 55.3. The van der Waals surface area contributed by atoms with Gasteiger partial charge in [-0.25, -0.2) is 25.6 Å². The maximum Gasteiger partial charge on any atom is 0.306 e. The molecule has 4 fully saturated rings. The molecule has 2 heterocycles. The molecule has 468 valence electrons. The number of rotatable bonds is 22. The van der Waals surface area contributed by atoms with Crippen molar-refractivity contribution in [2.24, 2.45) is 0 Å². The summed E-state index contributed by atoms with van der Waals surface area (Å²) < 4.78 is 99.2. The van der Waals surface area contributed by atoms with Crippen molar-refractivity contribution < 1.29 is 64.5 Å². The van der Waals surface area contributed by atoms with Gasteiger partial charge in [-0.3, -0.25) is 27.8 Å². The summed E-state index contributed by atoms with van der Waals surface area (Å²) in [6.45, 7) is 6.35. The molecule has 2 aliphatic heterocycles. The SMILES string of the molecule is CC[C@@H](CN(c1ccccc1F)S(=O)(=O)C1(C)CC1)N1C(=O)[C@@H](CC(=O)O)O[C@H](c2cccc(Cl)c2)[C@H]1c1ccc(Cl)cc1.CC[C@@H](CN(c1ccccc1F)S(=O)(=O)C1(C)CC1)N1C(=O)[C@H](CC(=O)O)O[C@H](c2cccc(Cl)c2)[C@H]1c1ccc(Cl)cc1. The van der Waals surface area contributed by atoms with E-state index in [-0.39, 0.29) is 37.3 Å². The van der Waals surface area contributed by atoms with Gasteiger partial charge in [0.05, 0.1) is 71.0 Å². The number of carboxylic acids is 2. The van der Waals surface area contributed by atoms with Crippen LogP contribution in [0.25, 0.3) is 0 Å². The summed E-state index contributed by atoms with van der Waals surface area (Å²) in [6.07, 6.45) is -3.43. The smallest absolute Gasteiger partial charge is 0.306 e. The van der Waals surface area contributed by atoms with E-state index in [4.69, 9.17) is 55.9 Å². The number of hydrogen-bond acceptors (Lipinski definition) is 10. The Bertz CT molecular complexity index is 3550. The second kappa shape index (κ2) is 27.0. The minimum absolute atomic E-state index is 0.115. The highest BCUT2D eigenvalue weighted by atomic mass is 35.5. The number of sulfonamides is 2. The number of carbonyl (C=O) groups is 4. The van der Waals surface area contributed by atoms with Crippen molar-refractivity contribution in [3.63, 3.8) is 0 Å². The van der Waals surface area contributed by atoms with E-state index in [1.807, 2.05) is 0 Å². The van der Waals surface area contributed by atoms with Gasteiger partial charge in [-0.1, -0.05) is 133 Å². The van der Waals surface area contributed by atoms with Crippen molar-refractivity contribution in [3.8, 4) is 0 Å². The third-order valence-corrected chi connectivity index (χ3v) is 22.9. The number of carbonyl (C=O) groups excluding carboxylic acids is 2. The van der Waals surface area contributed by atoms with Crippen molar-refractivity contribution in [1.82, 2.24) is 9.80 Å². The molecule has 0 aromatic heterocycles. The standard InChI is InChI=1S/2C32H33Cl2FN2O6S/c2*1-3-24(19-36(26-10-5-4-9-25(26)35)44(41,42)32(2)15-16-32)37-29(20-11-13-22(33)14-12-20)30(21-7-6-8-23(34)17-21)43-27(31(37)40)18-28(38)39/h2*4-14,17,24,27,29-30H,3,15-16,18-19H2,1-2H3,(H,38,39)/t24-,27+,29+,30+;24-,27-,29+,30+/m00/s1. The second-order valence-corrected chi connectivity index (χ2v) is 29.4. The lowest BCUT2D eigenvalue weighted by Crippen LogP contribution is -2.58. The van der Waals surface area contributed by atoms with Gasteiger partial charge in [-0.2, -0.15) is 0 Å². The van der Waals surface area contributed by atoms with Crippen LogP contribution in [-0.4, -0.2) is 107 Å². The van der Waals surface area contributed by atoms with Gasteiger partial charge < -0.3 is 29.5 Å². The molecule has 10 rings (SSSR count). The van der Waals surface area contributed by atoms with Gasteiger partial charge in [0.15, 0.2) is 0 Å². The molecule has 0 bridgehead atoms. The van der Waals surface area contributed by atoms with E-state index in [9.17, 15) is 46.2 Å². The van der Waals surface area contributed by atoms with Gasteiger partial charge >= 0.3 is 11.9 Å². The Labute approximate surface area is 530 Å². The summed E-state index contributed by atoms with van der Waals surface area (Å²) in [6, 6.07) is 35.4. The molecule has 2 N–H and O–H groups in total. The largest absolute Gasteiger partial charge is 0.481 e. The Morgan fingerprint density at radius 2 is 0.875 bits per heavy atom. The van der Waals surface area contributed by atoms with Crippen LogP contribution in [0.2, 0.25) is 20.1 Å². The number of ether oxygens (including phenoxy) is 2. The lowest BCUT2D eigenvalue weighted by atomic mass is 9.89. The van der Waals surface area contributed by atoms with Crippen molar-refractivity contribution in [2.75, 3.05) is 21.7 Å². The molecular weight excluding hydrogens is 1260 g/mol. The van der Waals surface area contributed by atoms with Crippen LogP contribution in [-0.2, 0) is 48.7 Å². The molecule has 2 amide bonds. The zero-order valence-electron chi connectivity index (χ0n) is 48.4. The molecular formula is C64H66Cl4F2N4O12S2. The summed E-state index contributed by atoms with van der Waals surface area (Å²) in [7, 11) is -8.12. The van der Waals surface area contributed by atoms with E-state index in [1.54, 1.807) is 137 Å². The van der Waals surface area contributed by atoms with Gasteiger partial charge in [-0.05, 0) is 147 Å². The predicted octanol–water partition coefficient (Wildman–Crippen LogP) is 13.6. The second-order valence-electron chi connectivity index (χ2n) is 22.9. The molecule has 88 heavy (non-hydrogen) atoms. The minimum Gasteiger partial charge on any atom is -0.481 e. The van der Waals surface area contributed by atoms with Crippen LogP contribution in [0.15, 0.2) is 146 Å². The Kier molecular flexibility index (Phi) is 20.3. The number of hydrogen-bond donors (Lipinski definition) is 2. The molecule has 8 atom stereocenters. The first-order valence-electron chi connectivity index (χ1n) is 28.7. The fraction of sp³-hybridized carbons (Fsp3) is 0.375. The fourth-order valence-corrected chi connectivity index (χ4v) is 15.9. The van der Waals surface area contributed by atoms with Gasteiger partial charge in [0.2, 0.25) is 20.0 Å². The van der Waals surface area contributed by atoms with Crippen LogP contribution in [0.4, 0.5) is 20.2 Å². The molecule has 2 saturated heterocycles. The van der Waals surface area contributed by atoms with Gasteiger partial charge in [0.1, 0.15) is 36.1 Å². The molecule has 16 nitrogen and oxygen atoms in total. The lowest BCUT2D eigenvalue weighted by Gasteiger charge is -2.49. The highest BCUT2D eigenvalue weighted by Crippen LogP contribution is 2.51. The molecule has 6 aromatic rings. The van der Waals surface area contributed by atoms with Crippen LogP contribution in [0.3, 0.4) is 0 Å². The van der Waals surface area contributed by atoms with Crippen molar-refractivity contribution >= 4 is 102 Å². The van der Waals surface area contributed by atoms with E-state index in [2.05, 4.69) is 0 Å². The van der Waals surface area contributed by atoms with E-state index in [0.717, 1.165) is 8.61 Å². The Hall–Kier alpha value is -6.36. The zero-order chi connectivity index (χ0) is 63.6. The summed E-state index contributed by atoms with van der Waals surface area (Å²) in [5.41, 5.74) is 2.24. The maximum atomic E-state index is 15.3. The van der Waals surface area contributed by atoms with Crippen LogP contribution in [0.1, 0.15) is 126 Å². The normalized spacial score (nSPS) is 22.0. The van der Waals surface area contributed by atoms with E-state index in [1.165, 1.54) is 46.2 Å². The molecule has 0 radical (unpaired) electrons. The number of morpholine rings is 2. The topological polar surface area (TPSA) is 208 Å². The molecule has 2 aliphatic carbocycles. The van der Waals surface area contributed by atoms with Crippen molar-refractivity contribution in [2.45, 2.75) is 137 Å². The Morgan fingerprint density at radius 1 is 0.534 bits per heavy atom. The quantitative estimate of drug-likeness (QED) is 0.0651. The molecule has 6 aromatic carbocycles. The Morgan fingerprint density at radius 3 is 1.17 bits per heavy atom. The average Bonchev–Trinajstić information content (AvgIpc) is 2.55. The van der Waals surface area contributed by atoms with Crippen LogP contribution >= 0.6 is 46.4 Å².